The summed E-state index contributed by atoms with van der Waals surface area (Å²) in [5.41, 5.74) is 6.67. The van der Waals surface area contributed by atoms with Gasteiger partial charge in [-0.1, -0.05) is 24.6 Å². The van der Waals surface area contributed by atoms with Crippen LogP contribution in [-0.4, -0.2) is 28.3 Å². The third-order valence-electron chi connectivity index (χ3n) is 2.68. The Morgan fingerprint density at radius 1 is 1.61 bits per heavy atom. The Morgan fingerprint density at radius 3 is 2.83 bits per heavy atom. The highest BCUT2D eigenvalue weighted by molar-refractivity contribution is 6.32. The number of phenolic OH excluding ortho intramolecular Hbond substituents is 1. The number of para-hydroxylation sites is 1. The highest BCUT2D eigenvalue weighted by Crippen LogP contribution is 2.31. The van der Waals surface area contributed by atoms with Gasteiger partial charge in [0.1, 0.15) is 5.75 Å². The van der Waals surface area contributed by atoms with Gasteiger partial charge in [0.2, 0.25) is 5.96 Å². The zero-order chi connectivity index (χ0) is 12.6. The molecule has 0 fully saturated rings. The number of benzene rings is 1. The zero-order valence-corrected chi connectivity index (χ0v) is 11.3. The van der Waals surface area contributed by atoms with E-state index < -0.39 is 0 Å². The number of phenols is 1. The third kappa shape index (κ3) is 2.52. The molecule has 5 nitrogen and oxygen atoms in total. The van der Waals surface area contributed by atoms with Crippen LogP contribution in [0.2, 0.25) is 5.02 Å². The molecule has 0 radical (unpaired) electrons. The number of nitrogens with two attached hydrogens (primary N) is 1. The Hall–Kier alpha value is -1.46. The van der Waals surface area contributed by atoms with Crippen molar-refractivity contribution in [3.63, 3.8) is 0 Å². The van der Waals surface area contributed by atoms with Crippen LogP contribution >= 0.6 is 24.0 Å². The first-order chi connectivity index (χ1) is 8.00. The molecule has 18 heavy (non-hydrogen) atoms. The molecule has 0 aromatic heterocycles. The lowest BCUT2D eigenvalue weighted by Crippen LogP contribution is -2.31. The van der Waals surface area contributed by atoms with E-state index in [4.69, 9.17) is 22.7 Å². The average molecular weight is 289 g/mol. The maximum atomic E-state index is 9.88. The summed E-state index contributed by atoms with van der Waals surface area (Å²) in [6.45, 7) is 2.50. The molecular weight excluding hydrogens is 275 g/mol. The summed E-state index contributed by atoms with van der Waals surface area (Å²) in [5.74, 6) is 0.00167. The summed E-state index contributed by atoms with van der Waals surface area (Å²) in [5, 5.41) is 23.1. The molecule has 0 saturated heterocycles. The first kappa shape index (κ1) is 14.6. The minimum absolute atomic E-state index is 0. The van der Waals surface area contributed by atoms with E-state index in [0.717, 1.165) is 0 Å². The van der Waals surface area contributed by atoms with Crippen molar-refractivity contribution < 1.29 is 5.11 Å². The summed E-state index contributed by atoms with van der Waals surface area (Å²) in [4.78, 5) is 0. The molecule has 1 unspecified atom stereocenters. The fourth-order valence-corrected chi connectivity index (χ4v) is 1.98. The van der Waals surface area contributed by atoms with Gasteiger partial charge in [-0.3, -0.25) is 5.41 Å². The number of nitrogens with zero attached hydrogens (tertiary/aromatic N) is 2. The van der Waals surface area contributed by atoms with Crippen LogP contribution in [0.25, 0.3) is 0 Å². The second kappa shape index (κ2) is 5.46. The topological polar surface area (TPSA) is 85.7 Å². The van der Waals surface area contributed by atoms with E-state index in [1.807, 2.05) is 6.92 Å². The van der Waals surface area contributed by atoms with Crippen molar-refractivity contribution in [1.82, 2.24) is 5.01 Å². The molecule has 7 heteroatoms. The Balaban J connectivity index is 0.00000162. The van der Waals surface area contributed by atoms with Crippen LogP contribution in [0.4, 0.5) is 0 Å². The second-order valence-corrected chi connectivity index (χ2v) is 4.40. The Bertz CT molecular complexity index is 504. The number of rotatable bonds is 1. The highest BCUT2D eigenvalue weighted by atomic mass is 35.5. The SMILES string of the molecule is CC1CN(C(=N)N)N=C1c1cccc(Cl)c1O.Cl. The standard InChI is InChI=1S/C11H13ClN4O.ClH/c1-6-5-16(11(13)14)15-9(6)7-3-2-4-8(12)10(7)17;/h2-4,6,17H,5H2,1H3,(H3,13,14);1H. The van der Waals surface area contributed by atoms with Crippen molar-refractivity contribution in [3.8, 4) is 5.75 Å². The van der Waals surface area contributed by atoms with Crippen molar-refractivity contribution in [2.75, 3.05) is 6.54 Å². The fraction of sp³-hybridized carbons (Fsp3) is 0.273. The number of hydrazone groups is 1. The lowest BCUT2D eigenvalue weighted by atomic mass is 9.99. The quantitative estimate of drug-likeness (QED) is 0.546. The van der Waals surface area contributed by atoms with Crippen LogP contribution in [0.1, 0.15) is 12.5 Å². The molecule has 1 atom stereocenters. The van der Waals surface area contributed by atoms with Gasteiger partial charge in [0.25, 0.3) is 0 Å². The molecule has 0 aliphatic carbocycles. The van der Waals surface area contributed by atoms with E-state index in [2.05, 4.69) is 5.10 Å². The van der Waals surface area contributed by atoms with Gasteiger partial charge in [-0.25, -0.2) is 5.01 Å². The second-order valence-electron chi connectivity index (χ2n) is 3.99. The van der Waals surface area contributed by atoms with Crippen LogP contribution in [0, 0.1) is 11.3 Å². The molecule has 98 valence electrons. The number of hydrogen-bond donors (Lipinski definition) is 3. The predicted octanol–water partition coefficient (Wildman–Crippen LogP) is 2.02. The van der Waals surface area contributed by atoms with Gasteiger partial charge in [-0.05, 0) is 12.1 Å². The first-order valence-electron chi connectivity index (χ1n) is 5.18. The molecule has 1 aliphatic rings. The molecule has 1 heterocycles. The highest BCUT2D eigenvalue weighted by Gasteiger charge is 2.27. The van der Waals surface area contributed by atoms with Gasteiger partial charge in [0, 0.05) is 11.5 Å². The van der Waals surface area contributed by atoms with Crippen molar-refractivity contribution in [3.05, 3.63) is 28.8 Å². The van der Waals surface area contributed by atoms with Crippen LogP contribution in [0.15, 0.2) is 23.3 Å². The van der Waals surface area contributed by atoms with Crippen molar-refractivity contribution in [2.45, 2.75) is 6.92 Å². The number of hydrogen-bond acceptors (Lipinski definition) is 3. The van der Waals surface area contributed by atoms with E-state index in [-0.39, 0.29) is 30.0 Å². The van der Waals surface area contributed by atoms with E-state index in [1.54, 1.807) is 18.2 Å². The lowest BCUT2D eigenvalue weighted by Gasteiger charge is -2.10. The van der Waals surface area contributed by atoms with Crippen molar-refractivity contribution in [1.29, 1.82) is 5.41 Å². The van der Waals surface area contributed by atoms with E-state index in [0.29, 0.717) is 22.8 Å². The predicted molar refractivity (Wildman–Crippen MR) is 74.7 cm³/mol. The van der Waals surface area contributed by atoms with E-state index in [1.165, 1.54) is 5.01 Å². The monoisotopic (exact) mass is 288 g/mol. The van der Waals surface area contributed by atoms with Crippen molar-refractivity contribution in [2.24, 2.45) is 16.8 Å². The minimum Gasteiger partial charge on any atom is -0.506 e. The van der Waals surface area contributed by atoms with Crippen LogP contribution in [0.5, 0.6) is 5.75 Å². The van der Waals surface area contributed by atoms with E-state index >= 15 is 0 Å². The summed E-state index contributed by atoms with van der Waals surface area (Å²) in [7, 11) is 0. The number of nitrogens with one attached hydrogen (secondary N) is 1. The van der Waals surface area contributed by atoms with Gasteiger partial charge >= 0.3 is 0 Å². The van der Waals surface area contributed by atoms with Crippen molar-refractivity contribution >= 4 is 35.7 Å². The summed E-state index contributed by atoms with van der Waals surface area (Å²) >= 11 is 5.85. The summed E-state index contributed by atoms with van der Waals surface area (Å²) in [6.07, 6.45) is 0. The third-order valence-corrected chi connectivity index (χ3v) is 2.99. The molecule has 0 spiro atoms. The molecule has 2 rings (SSSR count). The maximum Gasteiger partial charge on any atom is 0.209 e. The molecule has 1 aromatic rings. The summed E-state index contributed by atoms with van der Waals surface area (Å²) in [6, 6.07) is 5.12. The van der Waals surface area contributed by atoms with Gasteiger partial charge in [-0.2, -0.15) is 5.10 Å². The zero-order valence-electron chi connectivity index (χ0n) is 9.72. The Kier molecular flexibility index (Phi) is 4.43. The smallest absolute Gasteiger partial charge is 0.209 e. The molecule has 0 bridgehead atoms. The summed E-state index contributed by atoms with van der Waals surface area (Å²) < 4.78 is 0. The fourth-order valence-electron chi connectivity index (χ4n) is 1.81. The van der Waals surface area contributed by atoms with Crippen LogP contribution in [-0.2, 0) is 0 Å². The van der Waals surface area contributed by atoms with Crippen LogP contribution < -0.4 is 5.73 Å². The van der Waals surface area contributed by atoms with Gasteiger partial charge in [-0.15, -0.1) is 12.4 Å². The largest absolute Gasteiger partial charge is 0.506 e. The molecule has 4 N–H and O–H groups in total. The minimum atomic E-state index is -0.103. The molecule has 1 aliphatic heterocycles. The molecule has 0 saturated carbocycles. The van der Waals surface area contributed by atoms with Gasteiger partial charge in [0.05, 0.1) is 17.3 Å². The normalized spacial score (nSPS) is 18.2. The lowest BCUT2D eigenvalue weighted by molar-refractivity contribution is 0.448. The first-order valence-corrected chi connectivity index (χ1v) is 5.56. The number of guanidine groups is 1. The Morgan fingerprint density at radius 2 is 2.28 bits per heavy atom. The van der Waals surface area contributed by atoms with Gasteiger partial charge < -0.3 is 10.8 Å². The Labute approximate surface area is 116 Å². The average Bonchev–Trinajstić information content (AvgIpc) is 2.65. The van der Waals surface area contributed by atoms with Gasteiger partial charge in [0.15, 0.2) is 0 Å². The maximum absolute atomic E-state index is 9.88. The molecule has 0 amide bonds. The van der Waals surface area contributed by atoms with E-state index in [9.17, 15) is 5.11 Å². The number of aromatic hydroxyl groups is 1. The molecular formula is C11H14Cl2N4O. The van der Waals surface area contributed by atoms with Crippen LogP contribution in [0.3, 0.4) is 0 Å². The molecule has 1 aromatic carbocycles. The number of halogens is 2.